The number of rotatable bonds is 3. The van der Waals surface area contributed by atoms with E-state index >= 15 is 0 Å². The minimum atomic E-state index is -0.0376. The lowest BCUT2D eigenvalue weighted by Crippen LogP contribution is -2.13. The summed E-state index contributed by atoms with van der Waals surface area (Å²) >= 11 is 0. The highest BCUT2D eigenvalue weighted by atomic mass is 16.5. The molecule has 0 atom stereocenters. The Morgan fingerprint density at radius 1 is 1.15 bits per heavy atom. The van der Waals surface area contributed by atoms with E-state index in [0.717, 1.165) is 11.3 Å². The molecule has 2 rings (SSSR count). The predicted molar refractivity (Wildman–Crippen MR) is 79.5 cm³/mol. The highest BCUT2D eigenvalue weighted by Gasteiger charge is 2.19. The molecule has 106 valence electrons. The molecule has 0 bridgehead atoms. The average Bonchev–Trinajstić information content (AvgIpc) is 2.37. The molecule has 1 heterocycles. The number of nitrogens with one attached hydrogen (secondary N) is 1. The molecule has 0 saturated carbocycles. The quantitative estimate of drug-likeness (QED) is 0.586. The van der Waals surface area contributed by atoms with Gasteiger partial charge in [-0.05, 0) is 11.5 Å². The van der Waals surface area contributed by atoms with Gasteiger partial charge in [0.05, 0.1) is 0 Å². The van der Waals surface area contributed by atoms with E-state index in [0.29, 0.717) is 11.7 Å². The van der Waals surface area contributed by atoms with Crippen LogP contribution in [-0.4, -0.2) is 9.97 Å². The van der Waals surface area contributed by atoms with Crippen LogP contribution in [0.1, 0.15) is 26.3 Å². The molecule has 5 N–H and O–H groups in total. The van der Waals surface area contributed by atoms with Crippen molar-refractivity contribution < 1.29 is 4.74 Å². The van der Waals surface area contributed by atoms with E-state index in [1.54, 1.807) is 6.07 Å². The Kier molecular flexibility index (Phi) is 3.76. The van der Waals surface area contributed by atoms with Crippen molar-refractivity contribution in [2.45, 2.75) is 26.2 Å². The van der Waals surface area contributed by atoms with Crippen molar-refractivity contribution in [1.82, 2.24) is 9.97 Å². The summed E-state index contributed by atoms with van der Waals surface area (Å²) in [6.45, 7) is 6.36. The molecule has 0 radical (unpaired) electrons. The smallest absolute Gasteiger partial charge is 0.226 e. The maximum Gasteiger partial charge on any atom is 0.226 e. The van der Waals surface area contributed by atoms with Crippen molar-refractivity contribution in [2.75, 3.05) is 11.2 Å². The van der Waals surface area contributed by atoms with Gasteiger partial charge in [0.25, 0.3) is 0 Å². The van der Waals surface area contributed by atoms with Crippen molar-refractivity contribution in [3.8, 4) is 11.6 Å². The molecule has 0 saturated heterocycles. The lowest BCUT2D eigenvalue weighted by atomic mass is 9.86. The molecule has 1 aromatic carbocycles. The van der Waals surface area contributed by atoms with E-state index in [1.165, 1.54) is 0 Å². The van der Waals surface area contributed by atoms with Gasteiger partial charge >= 0.3 is 0 Å². The Morgan fingerprint density at radius 3 is 2.50 bits per heavy atom. The molecule has 20 heavy (non-hydrogen) atoms. The summed E-state index contributed by atoms with van der Waals surface area (Å²) in [7, 11) is 0. The van der Waals surface area contributed by atoms with Crippen LogP contribution in [0.15, 0.2) is 30.3 Å². The first-order valence-electron chi connectivity index (χ1n) is 6.28. The van der Waals surface area contributed by atoms with Crippen molar-refractivity contribution in [1.29, 1.82) is 0 Å². The summed E-state index contributed by atoms with van der Waals surface area (Å²) in [6.07, 6.45) is 0. The third kappa shape index (κ3) is 3.16. The van der Waals surface area contributed by atoms with Crippen LogP contribution >= 0.6 is 0 Å². The van der Waals surface area contributed by atoms with Crippen LogP contribution in [0.25, 0.3) is 0 Å². The van der Waals surface area contributed by atoms with Gasteiger partial charge in [0.1, 0.15) is 11.6 Å². The predicted octanol–water partition coefficient (Wildman–Crippen LogP) is 2.43. The van der Waals surface area contributed by atoms with Gasteiger partial charge in [-0.15, -0.1) is 0 Å². The zero-order valence-corrected chi connectivity index (χ0v) is 11.8. The molecule has 0 aliphatic carbocycles. The summed E-state index contributed by atoms with van der Waals surface area (Å²) in [5, 5.41) is 0. The number of hydrogen-bond acceptors (Lipinski definition) is 6. The summed E-state index contributed by atoms with van der Waals surface area (Å²) in [5.41, 5.74) is 9.09. The van der Waals surface area contributed by atoms with Crippen LogP contribution in [0.5, 0.6) is 11.6 Å². The molecule has 0 amide bonds. The van der Waals surface area contributed by atoms with Crippen molar-refractivity contribution in [3.05, 3.63) is 35.9 Å². The van der Waals surface area contributed by atoms with Gasteiger partial charge in [-0.25, -0.2) is 5.84 Å². The Morgan fingerprint density at radius 2 is 1.85 bits per heavy atom. The van der Waals surface area contributed by atoms with Crippen molar-refractivity contribution >= 4 is 11.8 Å². The maximum absolute atomic E-state index is 5.83. The van der Waals surface area contributed by atoms with Crippen molar-refractivity contribution in [3.63, 3.8) is 0 Å². The van der Waals surface area contributed by atoms with Gasteiger partial charge in [0.2, 0.25) is 11.8 Å². The number of hydrazine groups is 1. The number of nitrogen functional groups attached to an aromatic ring is 2. The zero-order chi connectivity index (χ0) is 14.8. The number of para-hydroxylation sites is 1. The Balaban J connectivity index is 2.38. The lowest BCUT2D eigenvalue weighted by molar-refractivity contribution is 0.440. The average molecular weight is 273 g/mol. The van der Waals surface area contributed by atoms with Crippen molar-refractivity contribution in [2.24, 2.45) is 5.84 Å². The molecular formula is C14H19N5O. The van der Waals surface area contributed by atoms with E-state index in [1.807, 2.05) is 24.3 Å². The third-order valence-electron chi connectivity index (χ3n) is 2.78. The molecule has 0 aliphatic heterocycles. The van der Waals surface area contributed by atoms with Gasteiger partial charge in [-0.2, -0.15) is 9.97 Å². The molecule has 0 spiro atoms. The second kappa shape index (κ2) is 5.34. The van der Waals surface area contributed by atoms with E-state index in [4.69, 9.17) is 16.3 Å². The number of ether oxygens (including phenoxy) is 1. The van der Waals surface area contributed by atoms with Crippen LogP contribution in [0.4, 0.5) is 11.8 Å². The Labute approximate surface area is 118 Å². The van der Waals surface area contributed by atoms with E-state index < -0.39 is 0 Å². The number of hydrogen-bond donors (Lipinski definition) is 3. The standard InChI is InChI=1S/C14H19N5O/c1-14(2,3)9-6-4-5-7-10(9)20-12-8-11(19-16)17-13(15)18-12/h4-8H,16H2,1-3H3,(H3,15,17,18,19). The Bertz CT molecular complexity index is 607. The first-order chi connectivity index (χ1) is 9.40. The van der Waals surface area contributed by atoms with Crippen LogP contribution in [0, 0.1) is 0 Å². The molecule has 0 unspecified atom stereocenters. The normalized spacial score (nSPS) is 11.2. The topological polar surface area (TPSA) is 99.1 Å². The number of nitrogens with zero attached hydrogens (tertiary/aromatic N) is 2. The summed E-state index contributed by atoms with van der Waals surface area (Å²) in [4.78, 5) is 7.96. The van der Waals surface area contributed by atoms with Crippen LogP contribution < -0.4 is 21.7 Å². The fourth-order valence-electron chi connectivity index (χ4n) is 1.86. The lowest BCUT2D eigenvalue weighted by Gasteiger charge is -2.22. The second-order valence-corrected chi connectivity index (χ2v) is 5.44. The second-order valence-electron chi connectivity index (χ2n) is 5.44. The van der Waals surface area contributed by atoms with Crippen LogP contribution in [-0.2, 0) is 5.41 Å². The summed E-state index contributed by atoms with van der Waals surface area (Å²) in [5.74, 6) is 6.92. The molecule has 0 aliphatic rings. The minimum Gasteiger partial charge on any atom is -0.438 e. The fraction of sp³-hybridized carbons (Fsp3) is 0.286. The monoisotopic (exact) mass is 273 g/mol. The zero-order valence-electron chi connectivity index (χ0n) is 11.8. The van der Waals surface area contributed by atoms with E-state index in [2.05, 4.69) is 36.2 Å². The first-order valence-corrected chi connectivity index (χ1v) is 6.28. The van der Waals surface area contributed by atoms with Crippen LogP contribution in [0.3, 0.4) is 0 Å². The highest BCUT2D eigenvalue weighted by molar-refractivity contribution is 5.45. The Hall–Kier alpha value is -2.34. The SMILES string of the molecule is CC(C)(C)c1ccccc1Oc1cc(NN)nc(N)n1. The van der Waals surface area contributed by atoms with Crippen LogP contribution in [0.2, 0.25) is 0 Å². The summed E-state index contributed by atoms with van der Waals surface area (Å²) in [6, 6.07) is 9.41. The first kappa shape index (κ1) is 14.1. The maximum atomic E-state index is 5.83. The molecule has 6 heteroatoms. The summed E-state index contributed by atoms with van der Waals surface area (Å²) < 4.78 is 5.83. The number of nitrogens with two attached hydrogens (primary N) is 2. The number of benzene rings is 1. The van der Waals surface area contributed by atoms with E-state index in [9.17, 15) is 0 Å². The number of anilines is 2. The minimum absolute atomic E-state index is 0.0376. The highest BCUT2D eigenvalue weighted by Crippen LogP contribution is 2.33. The van der Waals surface area contributed by atoms with Gasteiger partial charge in [-0.1, -0.05) is 39.0 Å². The fourth-order valence-corrected chi connectivity index (χ4v) is 1.86. The van der Waals surface area contributed by atoms with Gasteiger partial charge in [0, 0.05) is 11.6 Å². The van der Waals surface area contributed by atoms with E-state index in [-0.39, 0.29) is 11.4 Å². The molecule has 6 nitrogen and oxygen atoms in total. The van der Waals surface area contributed by atoms with Gasteiger partial charge in [-0.3, -0.25) is 0 Å². The molecule has 0 fully saturated rings. The number of aromatic nitrogens is 2. The molecule has 2 aromatic rings. The third-order valence-corrected chi connectivity index (χ3v) is 2.78. The molecule has 1 aromatic heterocycles. The van der Waals surface area contributed by atoms with Gasteiger partial charge < -0.3 is 15.9 Å². The van der Waals surface area contributed by atoms with Gasteiger partial charge in [0.15, 0.2) is 0 Å². The largest absolute Gasteiger partial charge is 0.438 e. The molecular weight excluding hydrogens is 254 g/mol.